The molecule has 0 atom stereocenters. The van der Waals surface area contributed by atoms with Crippen molar-refractivity contribution in [1.29, 1.82) is 0 Å². The molecular weight excluding hydrogens is 376 g/mol. The number of carbonyl (C=O) groups is 2. The Bertz CT molecular complexity index is 1080. The van der Waals surface area contributed by atoms with E-state index < -0.39 is 5.91 Å². The number of amides is 3. The van der Waals surface area contributed by atoms with E-state index in [0.29, 0.717) is 30.0 Å². The molecule has 0 saturated carbocycles. The van der Waals surface area contributed by atoms with Crippen LogP contribution in [0, 0.1) is 0 Å². The lowest BCUT2D eigenvalue weighted by atomic mass is 10.0. The van der Waals surface area contributed by atoms with E-state index in [2.05, 4.69) is 15.4 Å². The van der Waals surface area contributed by atoms with E-state index in [-0.39, 0.29) is 18.1 Å². The number of rotatable bonds is 2. The molecule has 1 aliphatic heterocycles. The van der Waals surface area contributed by atoms with Gasteiger partial charge in [0.2, 0.25) is 0 Å². The molecule has 2 aromatic heterocycles. The summed E-state index contributed by atoms with van der Waals surface area (Å²) in [5, 5.41) is 7.59. The molecular formula is C19H22N6O2S. The summed E-state index contributed by atoms with van der Waals surface area (Å²) >= 11 is 1.56. The van der Waals surface area contributed by atoms with Crippen molar-refractivity contribution in [2.45, 2.75) is 39.4 Å². The van der Waals surface area contributed by atoms with Crippen LogP contribution in [-0.4, -0.2) is 43.7 Å². The number of aromatic nitrogens is 3. The molecule has 3 aromatic rings. The summed E-state index contributed by atoms with van der Waals surface area (Å²) in [5.74, 6) is -0.548. The molecule has 0 aliphatic carbocycles. The first kappa shape index (κ1) is 18.4. The fourth-order valence-electron chi connectivity index (χ4n) is 3.36. The average molecular weight is 398 g/mol. The van der Waals surface area contributed by atoms with Crippen LogP contribution in [0.25, 0.3) is 21.5 Å². The van der Waals surface area contributed by atoms with E-state index in [0.717, 1.165) is 15.8 Å². The fraction of sp³-hybridized carbons (Fsp3) is 0.368. The van der Waals surface area contributed by atoms with Crippen LogP contribution >= 0.6 is 11.3 Å². The molecule has 4 rings (SSSR count). The summed E-state index contributed by atoms with van der Waals surface area (Å²) in [5.41, 5.74) is 10.4. The third-order valence-electron chi connectivity index (χ3n) is 4.60. The Balaban J connectivity index is 1.72. The van der Waals surface area contributed by atoms with Gasteiger partial charge in [0.05, 0.1) is 40.1 Å². The number of thiazole rings is 1. The minimum absolute atomic E-state index is 0.166. The highest BCUT2D eigenvalue weighted by Crippen LogP contribution is 2.31. The molecule has 0 bridgehead atoms. The monoisotopic (exact) mass is 398 g/mol. The van der Waals surface area contributed by atoms with Crippen LogP contribution < -0.4 is 11.1 Å². The first-order valence-corrected chi connectivity index (χ1v) is 9.91. The maximum absolute atomic E-state index is 12.6. The van der Waals surface area contributed by atoms with Crippen molar-refractivity contribution < 1.29 is 9.59 Å². The zero-order valence-electron chi connectivity index (χ0n) is 16.0. The van der Waals surface area contributed by atoms with Gasteiger partial charge in [0, 0.05) is 17.6 Å². The van der Waals surface area contributed by atoms with Crippen molar-refractivity contribution >= 4 is 33.5 Å². The van der Waals surface area contributed by atoms with Gasteiger partial charge in [-0.25, -0.2) is 9.78 Å². The van der Waals surface area contributed by atoms with Crippen LogP contribution in [-0.2, 0) is 13.1 Å². The van der Waals surface area contributed by atoms with E-state index in [1.165, 1.54) is 0 Å². The number of hydrogen-bond donors (Lipinski definition) is 2. The Labute approximate surface area is 166 Å². The zero-order chi connectivity index (χ0) is 20.1. The van der Waals surface area contributed by atoms with Crippen LogP contribution in [0.3, 0.4) is 0 Å². The second-order valence-electron chi connectivity index (χ2n) is 7.89. The van der Waals surface area contributed by atoms with E-state index >= 15 is 0 Å². The molecule has 28 heavy (non-hydrogen) atoms. The van der Waals surface area contributed by atoms with Gasteiger partial charge in [-0.1, -0.05) is 6.07 Å². The number of nitrogens with two attached hydrogens (primary N) is 1. The molecule has 0 unspecified atom stereocenters. The van der Waals surface area contributed by atoms with Crippen LogP contribution in [0.15, 0.2) is 23.7 Å². The summed E-state index contributed by atoms with van der Waals surface area (Å²) in [6, 6.07) is 5.64. The first-order chi connectivity index (χ1) is 13.2. The Hall–Kier alpha value is -2.94. The van der Waals surface area contributed by atoms with Crippen molar-refractivity contribution in [2.75, 3.05) is 6.54 Å². The normalized spacial score (nSPS) is 14.2. The summed E-state index contributed by atoms with van der Waals surface area (Å²) in [6.07, 6.45) is 0. The zero-order valence-corrected chi connectivity index (χ0v) is 16.8. The SMILES string of the molecule is CC(C)(C)NC(=O)N1CCn2nc(-c3ccc4scnc4c3)c(C(N)=O)c2C1. The summed E-state index contributed by atoms with van der Waals surface area (Å²) < 4.78 is 2.85. The number of primary amides is 1. The van der Waals surface area contributed by atoms with Gasteiger partial charge >= 0.3 is 6.03 Å². The van der Waals surface area contributed by atoms with Gasteiger partial charge in [0.25, 0.3) is 5.91 Å². The highest BCUT2D eigenvalue weighted by Gasteiger charge is 2.30. The van der Waals surface area contributed by atoms with Crippen LogP contribution in [0.5, 0.6) is 0 Å². The van der Waals surface area contributed by atoms with Gasteiger partial charge in [0.1, 0.15) is 5.69 Å². The van der Waals surface area contributed by atoms with Gasteiger partial charge < -0.3 is 16.0 Å². The summed E-state index contributed by atoms with van der Waals surface area (Å²) in [4.78, 5) is 30.9. The van der Waals surface area contributed by atoms with Gasteiger partial charge in [0.15, 0.2) is 0 Å². The molecule has 1 aliphatic rings. The van der Waals surface area contributed by atoms with Crippen molar-refractivity contribution in [3.63, 3.8) is 0 Å². The van der Waals surface area contributed by atoms with E-state index in [1.807, 2.05) is 39.0 Å². The van der Waals surface area contributed by atoms with E-state index in [1.54, 1.807) is 26.4 Å². The molecule has 9 heteroatoms. The largest absolute Gasteiger partial charge is 0.365 e. The Morgan fingerprint density at radius 1 is 1.25 bits per heavy atom. The van der Waals surface area contributed by atoms with Crippen LogP contribution in [0.4, 0.5) is 4.79 Å². The maximum atomic E-state index is 12.6. The molecule has 0 fully saturated rings. The lowest BCUT2D eigenvalue weighted by Gasteiger charge is -2.31. The maximum Gasteiger partial charge on any atom is 0.318 e. The number of benzene rings is 1. The number of carbonyl (C=O) groups excluding carboxylic acids is 2. The van der Waals surface area contributed by atoms with Crippen LogP contribution in [0.2, 0.25) is 0 Å². The highest BCUT2D eigenvalue weighted by molar-refractivity contribution is 7.16. The molecule has 3 N–H and O–H groups in total. The number of urea groups is 1. The van der Waals surface area contributed by atoms with Gasteiger partial charge in [-0.05, 0) is 32.9 Å². The lowest BCUT2D eigenvalue weighted by Crippen LogP contribution is -2.50. The summed E-state index contributed by atoms with van der Waals surface area (Å²) in [7, 11) is 0. The number of nitrogens with one attached hydrogen (secondary N) is 1. The fourth-order valence-corrected chi connectivity index (χ4v) is 4.02. The van der Waals surface area contributed by atoms with Gasteiger partial charge in [-0.2, -0.15) is 5.10 Å². The van der Waals surface area contributed by atoms with Crippen LogP contribution in [0.1, 0.15) is 36.8 Å². The van der Waals surface area contributed by atoms with Gasteiger partial charge in [-0.3, -0.25) is 9.48 Å². The van der Waals surface area contributed by atoms with E-state index in [4.69, 9.17) is 5.73 Å². The van der Waals surface area contributed by atoms with Crippen molar-refractivity contribution in [3.05, 3.63) is 35.0 Å². The molecule has 8 nitrogen and oxygen atoms in total. The predicted molar refractivity (Wildman–Crippen MR) is 108 cm³/mol. The number of hydrogen-bond acceptors (Lipinski definition) is 5. The number of fused-ring (bicyclic) bond motifs is 2. The molecule has 0 saturated heterocycles. The third kappa shape index (κ3) is 3.33. The van der Waals surface area contributed by atoms with Crippen molar-refractivity contribution in [3.8, 4) is 11.3 Å². The topological polar surface area (TPSA) is 106 Å². The smallest absolute Gasteiger partial charge is 0.318 e. The standard InChI is InChI=1S/C19H22N6O2S/c1-19(2,3)22-18(27)24-6-7-25-13(9-24)15(17(20)26)16(23-25)11-4-5-14-12(8-11)21-10-28-14/h4-5,8,10H,6-7,9H2,1-3H3,(H2,20,26)(H,22,27). The average Bonchev–Trinajstić information content (AvgIpc) is 3.22. The molecule has 146 valence electrons. The predicted octanol–water partition coefficient (Wildman–Crippen LogP) is 2.58. The molecule has 3 amide bonds. The molecule has 0 radical (unpaired) electrons. The Kier molecular flexibility index (Phi) is 4.34. The lowest BCUT2D eigenvalue weighted by molar-refractivity contribution is 0.0997. The van der Waals surface area contributed by atoms with Crippen molar-refractivity contribution in [2.24, 2.45) is 5.73 Å². The minimum Gasteiger partial charge on any atom is -0.365 e. The number of nitrogens with zero attached hydrogens (tertiary/aromatic N) is 4. The summed E-state index contributed by atoms with van der Waals surface area (Å²) in [6.45, 7) is 7.10. The van der Waals surface area contributed by atoms with E-state index in [9.17, 15) is 9.59 Å². The quantitative estimate of drug-likeness (QED) is 0.692. The van der Waals surface area contributed by atoms with Gasteiger partial charge in [-0.15, -0.1) is 11.3 Å². The molecule has 3 heterocycles. The minimum atomic E-state index is -0.548. The molecule has 1 aromatic carbocycles. The second-order valence-corrected chi connectivity index (χ2v) is 8.78. The Morgan fingerprint density at radius 2 is 2.04 bits per heavy atom. The third-order valence-corrected chi connectivity index (χ3v) is 5.41. The second kappa shape index (κ2) is 6.59. The Morgan fingerprint density at radius 3 is 2.75 bits per heavy atom. The van der Waals surface area contributed by atoms with Crippen molar-refractivity contribution in [1.82, 2.24) is 25.0 Å². The highest BCUT2D eigenvalue weighted by atomic mass is 32.1. The first-order valence-electron chi connectivity index (χ1n) is 9.03. The molecule has 0 spiro atoms.